The molecule has 7 nitrogen and oxygen atoms in total. The molecule has 1 atom stereocenters. The van der Waals surface area contributed by atoms with Gasteiger partial charge in [-0.15, -0.1) is 0 Å². The lowest BCUT2D eigenvalue weighted by Crippen LogP contribution is -2.33. The van der Waals surface area contributed by atoms with Gasteiger partial charge in [-0.3, -0.25) is 14.5 Å². The number of nitrogens with zero attached hydrogens (tertiary/aromatic N) is 1. The number of imide groups is 1. The zero-order valence-corrected chi connectivity index (χ0v) is 12.7. The topological polar surface area (TPSA) is 102 Å². The molecule has 0 saturated carbocycles. The van der Waals surface area contributed by atoms with E-state index in [-0.39, 0.29) is 25.2 Å². The number of carboxylic acid groups (broad SMARTS) is 1. The van der Waals surface area contributed by atoms with Gasteiger partial charge in [0.25, 0.3) is 5.91 Å². The molecule has 126 valence electrons. The Labute approximate surface area is 136 Å². The minimum atomic E-state index is -1.02. The standard InChI is InChI=1S/C16H16FN3O4/c17-10-1-2-12-11(7-10)9(8-18-12)5-6-20-15(23)13(19-16(20)24)3-4-14(21)22/h1-2,7-8,13,18H,3-6H2,(H,19,24)(H,21,22). The summed E-state index contributed by atoms with van der Waals surface area (Å²) in [5.41, 5.74) is 1.59. The van der Waals surface area contributed by atoms with Gasteiger partial charge in [0.15, 0.2) is 0 Å². The quantitative estimate of drug-likeness (QED) is 0.699. The van der Waals surface area contributed by atoms with Crippen LogP contribution in [0.2, 0.25) is 0 Å². The van der Waals surface area contributed by atoms with Crippen LogP contribution in [0.4, 0.5) is 9.18 Å². The maximum Gasteiger partial charge on any atom is 0.324 e. The van der Waals surface area contributed by atoms with Gasteiger partial charge >= 0.3 is 12.0 Å². The number of carboxylic acids is 1. The van der Waals surface area contributed by atoms with Gasteiger partial charge in [-0.1, -0.05) is 0 Å². The minimum absolute atomic E-state index is 0.0642. The number of halogens is 1. The summed E-state index contributed by atoms with van der Waals surface area (Å²) in [5, 5.41) is 11.9. The van der Waals surface area contributed by atoms with Crippen LogP contribution in [0, 0.1) is 5.82 Å². The maximum absolute atomic E-state index is 13.4. The first kappa shape index (κ1) is 16.0. The van der Waals surface area contributed by atoms with Gasteiger partial charge in [0.05, 0.1) is 0 Å². The summed E-state index contributed by atoms with van der Waals surface area (Å²) < 4.78 is 13.4. The van der Waals surface area contributed by atoms with E-state index in [0.29, 0.717) is 11.8 Å². The molecule has 0 spiro atoms. The molecule has 0 radical (unpaired) electrons. The van der Waals surface area contributed by atoms with Crippen LogP contribution < -0.4 is 5.32 Å². The van der Waals surface area contributed by atoms with Crippen LogP contribution in [0.5, 0.6) is 0 Å². The summed E-state index contributed by atoms with van der Waals surface area (Å²) in [6.45, 7) is 0.151. The second kappa shape index (κ2) is 6.31. The van der Waals surface area contributed by atoms with Gasteiger partial charge in [0, 0.05) is 30.1 Å². The summed E-state index contributed by atoms with van der Waals surface area (Å²) in [6, 6.07) is 3.06. The fourth-order valence-electron chi connectivity index (χ4n) is 2.84. The highest BCUT2D eigenvalue weighted by atomic mass is 19.1. The molecular formula is C16H16FN3O4. The fraction of sp³-hybridized carbons (Fsp3) is 0.312. The van der Waals surface area contributed by atoms with Gasteiger partial charge in [-0.25, -0.2) is 9.18 Å². The molecule has 1 aromatic heterocycles. The Morgan fingerprint density at radius 2 is 2.12 bits per heavy atom. The second-order valence-corrected chi connectivity index (χ2v) is 5.68. The molecule has 0 bridgehead atoms. The molecule has 3 N–H and O–H groups in total. The minimum Gasteiger partial charge on any atom is -0.481 e. The predicted molar refractivity (Wildman–Crippen MR) is 82.9 cm³/mol. The zero-order chi connectivity index (χ0) is 17.3. The molecule has 3 amide bonds. The molecule has 1 aliphatic rings. The first-order valence-electron chi connectivity index (χ1n) is 7.55. The number of aliphatic carboxylic acids is 1. The number of nitrogens with one attached hydrogen (secondary N) is 2. The summed E-state index contributed by atoms with van der Waals surface area (Å²) >= 11 is 0. The number of rotatable bonds is 6. The molecule has 2 heterocycles. The highest BCUT2D eigenvalue weighted by molar-refractivity contribution is 6.04. The Morgan fingerprint density at radius 3 is 2.88 bits per heavy atom. The van der Waals surface area contributed by atoms with Crippen LogP contribution in [-0.2, 0) is 16.0 Å². The van der Waals surface area contributed by atoms with E-state index in [2.05, 4.69) is 10.3 Å². The number of aromatic nitrogens is 1. The van der Waals surface area contributed by atoms with Crippen LogP contribution in [0.15, 0.2) is 24.4 Å². The van der Waals surface area contributed by atoms with E-state index >= 15 is 0 Å². The average Bonchev–Trinajstić information content (AvgIpc) is 3.04. The molecule has 8 heteroatoms. The first-order valence-corrected chi connectivity index (χ1v) is 7.55. The molecule has 1 unspecified atom stereocenters. The Kier molecular flexibility index (Phi) is 4.20. The van der Waals surface area contributed by atoms with Gasteiger partial charge in [-0.2, -0.15) is 0 Å². The van der Waals surface area contributed by atoms with Crippen LogP contribution in [-0.4, -0.2) is 45.5 Å². The molecule has 1 fully saturated rings. The number of amides is 3. The number of aromatic amines is 1. The van der Waals surface area contributed by atoms with Crippen LogP contribution in [0.3, 0.4) is 0 Å². The molecule has 1 saturated heterocycles. The molecule has 24 heavy (non-hydrogen) atoms. The predicted octanol–water partition coefficient (Wildman–Crippen LogP) is 1.63. The molecule has 1 aliphatic heterocycles. The Balaban J connectivity index is 1.67. The lowest BCUT2D eigenvalue weighted by atomic mass is 10.1. The number of hydrogen-bond donors (Lipinski definition) is 3. The third kappa shape index (κ3) is 3.08. The van der Waals surface area contributed by atoms with Crippen molar-refractivity contribution in [2.45, 2.75) is 25.3 Å². The number of hydrogen-bond acceptors (Lipinski definition) is 3. The monoisotopic (exact) mass is 333 g/mol. The van der Waals surface area contributed by atoms with E-state index < -0.39 is 23.9 Å². The van der Waals surface area contributed by atoms with Crippen molar-refractivity contribution in [1.82, 2.24) is 15.2 Å². The fourth-order valence-corrected chi connectivity index (χ4v) is 2.84. The number of H-pyrrole nitrogens is 1. The van der Waals surface area contributed by atoms with Crippen molar-refractivity contribution in [3.63, 3.8) is 0 Å². The van der Waals surface area contributed by atoms with E-state index in [4.69, 9.17) is 5.11 Å². The van der Waals surface area contributed by atoms with Crippen molar-refractivity contribution < 1.29 is 23.9 Å². The summed E-state index contributed by atoms with van der Waals surface area (Å²) in [6.07, 6.45) is 1.99. The molecular weight excluding hydrogens is 317 g/mol. The van der Waals surface area contributed by atoms with E-state index in [1.165, 1.54) is 12.1 Å². The van der Waals surface area contributed by atoms with Gasteiger partial charge in [-0.05, 0) is 36.6 Å². The van der Waals surface area contributed by atoms with Crippen LogP contribution >= 0.6 is 0 Å². The first-order chi connectivity index (χ1) is 11.5. The van der Waals surface area contributed by atoms with Gasteiger partial charge < -0.3 is 15.4 Å². The van der Waals surface area contributed by atoms with Gasteiger partial charge in [0.2, 0.25) is 0 Å². The summed E-state index contributed by atoms with van der Waals surface area (Å²) in [7, 11) is 0. The second-order valence-electron chi connectivity index (χ2n) is 5.68. The lowest BCUT2D eigenvalue weighted by molar-refractivity contribution is -0.137. The van der Waals surface area contributed by atoms with E-state index in [1.54, 1.807) is 12.3 Å². The number of carbonyl (C=O) groups excluding carboxylic acids is 2. The SMILES string of the molecule is O=C(O)CCC1NC(=O)N(CCc2c[nH]c3ccc(F)cc23)C1=O. The summed E-state index contributed by atoms with van der Waals surface area (Å²) in [5.74, 6) is -1.80. The van der Waals surface area contributed by atoms with Crippen LogP contribution in [0.1, 0.15) is 18.4 Å². The Morgan fingerprint density at radius 1 is 1.33 bits per heavy atom. The van der Waals surface area contributed by atoms with Crippen molar-refractivity contribution in [3.05, 3.63) is 35.8 Å². The highest BCUT2D eigenvalue weighted by Crippen LogP contribution is 2.21. The van der Waals surface area contributed by atoms with Gasteiger partial charge in [0.1, 0.15) is 11.9 Å². The summed E-state index contributed by atoms with van der Waals surface area (Å²) in [4.78, 5) is 38.8. The van der Waals surface area contributed by atoms with Crippen molar-refractivity contribution in [3.8, 4) is 0 Å². The van der Waals surface area contributed by atoms with Crippen molar-refractivity contribution in [1.29, 1.82) is 0 Å². The van der Waals surface area contributed by atoms with E-state index in [9.17, 15) is 18.8 Å². The van der Waals surface area contributed by atoms with Crippen molar-refractivity contribution in [2.24, 2.45) is 0 Å². The third-order valence-corrected chi connectivity index (χ3v) is 4.09. The molecule has 0 aliphatic carbocycles. The molecule has 3 rings (SSSR count). The number of urea groups is 1. The van der Waals surface area contributed by atoms with Crippen molar-refractivity contribution in [2.75, 3.05) is 6.54 Å². The number of carbonyl (C=O) groups is 3. The number of fused-ring (bicyclic) bond motifs is 1. The molecule has 1 aromatic carbocycles. The normalized spacial score (nSPS) is 17.5. The van der Waals surface area contributed by atoms with E-state index in [0.717, 1.165) is 16.0 Å². The third-order valence-electron chi connectivity index (χ3n) is 4.09. The van der Waals surface area contributed by atoms with Crippen molar-refractivity contribution >= 4 is 28.8 Å². The molecule has 2 aromatic rings. The smallest absolute Gasteiger partial charge is 0.324 e. The lowest BCUT2D eigenvalue weighted by Gasteiger charge is -2.12. The zero-order valence-electron chi connectivity index (χ0n) is 12.7. The highest BCUT2D eigenvalue weighted by Gasteiger charge is 2.37. The van der Waals surface area contributed by atoms with E-state index in [1.807, 2.05) is 0 Å². The van der Waals surface area contributed by atoms with Crippen LogP contribution in [0.25, 0.3) is 10.9 Å². The average molecular weight is 333 g/mol. The number of benzene rings is 1. The largest absolute Gasteiger partial charge is 0.481 e. The Bertz CT molecular complexity index is 817. The maximum atomic E-state index is 13.4. The Hall–Kier alpha value is -2.90.